The maximum absolute atomic E-state index is 13.6. The van der Waals surface area contributed by atoms with Crippen molar-refractivity contribution in [3.63, 3.8) is 0 Å². The van der Waals surface area contributed by atoms with Crippen LogP contribution in [-0.2, 0) is 10.4 Å². The highest BCUT2D eigenvalue weighted by molar-refractivity contribution is 5.97. The zero-order valence-corrected chi connectivity index (χ0v) is 19.6. The minimum Gasteiger partial charge on any atom is -0.382 e. The third kappa shape index (κ3) is 4.05. The van der Waals surface area contributed by atoms with Gasteiger partial charge in [0.2, 0.25) is 0 Å². The molecule has 5 rings (SSSR count). The molecule has 2 bridgehead atoms. The van der Waals surface area contributed by atoms with Crippen molar-refractivity contribution in [1.82, 2.24) is 15.3 Å². The van der Waals surface area contributed by atoms with Gasteiger partial charge in [0.05, 0.1) is 11.9 Å². The molecule has 8 nitrogen and oxygen atoms in total. The molecule has 3 saturated carbocycles. The fourth-order valence-corrected chi connectivity index (χ4v) is 5.15. The van der Waals surface area contributed by atoms with Crippen LogP contribution in [0, 0.1) is 24.7 Å². The number of aromatic nitrogens is 2. The van der Waals surface area contributed by atoms with E-state index in [-0.39, 0.29) is 28.2 Å². The van der Waals surface area contributed by atoms with Crippen LogP contribution >= 0.6 is 0 Å². The molecule has 0 radical (unpaired) electrons. The summed E-state index contributed by atoms with van der Waals surface area (Å²) < 4.78 is 40.7. The van der Waals surface area contributed by atoms with Crippen molar-refractivity contribution in [1.29, 1.82) is 0 Å². The SMILES string of the molecule is C#CC12CCC(NC(=O)c3nc(-c4cc(C(O)(C(N)=O)C(F)(F)F)ccc4C)cnc3N)(CC1)CC2. The first kappa shape index (κ1) is 25.4. The molecule has 1 aromatic heterocycles. The molecule has 1 heterocycles. The Bertz CT molecular complexity index is 1260. The largest absolute Gasteiger partial charge is 0.430 e. The third-order valence-electron chi connectivity index (χ3n) is 7.65. The van der Waals surface area contributed by atoms with Gasteiger partial charge < -0.3 is 21.9 Å². The first-order valence-electron chi connectivity index (χ1n) is 11.4. The first-order valence-corrected chi connectivity index (χ1v) is 11.4. The number of hydrogen-bond acceptors (Lipinski definition) is 6. The molecule has 0 saturated heterocycles. The predicted molar refractivity (Wildman–Crippen MR) is 125 cm³/mol. The van der Waals surface area contributed by atoms with E-state index < -0.39 is 34.7 Å². The lowest BCUT2D eigenvalue weighted by Crippen LogP contribution is -2.56. The molecule has 0 spiro atoms. The van der Waals surface area contributed by atoms with Gasteiger partial charge in [-0.05, 0) is 57.1 Å². The number of amides is 2. The summed E-state index contributed by atoms with van der Waals surface area (Å²) in [5.41, 5.74) is 6.05. The lowest BCUT2D eigenvalue weighted by atomic mass is 9.57. The summed E-state index contributed by atoms with van der Waals surface area (Å²) in [6.07, 6.45) is 6.14. The number of carbonyl (C=O) groups excluding carboxylic acids is 2. The number of primary amides is 1. The maximum atomic E-state index is 13.6. The van der Waals surface area contributed by atoms with Gasteiger partial charge in [-0.25, -0.2) is 9.97 Å². The van der Waals surface area contributed by atoms with Gasteiger partial charge in [-0.3, -0.25) is 9.59 Å². The molecule has 3 aliphatic rings. The molecule has 3 fully saturated rings. The van der Waals surface area contributed by atoms with Crippen LogP contribution in [0.1, 0.15) is 60.1 Å². The quantitative estimate of drug-likeness (QED) is 0.464. The number of nitrogens with two attached hydrogens (primary N) is 2. The van der Waals surface area contributed by atoms with Crippen molar-refractivity contribution in [3.05, 3.63) is 41.2 Å². The fourth-order valence-electron chi connectivity index (χ4n) is 5.15. The van der Waals surface area contributed by atoms with Gasteiger partial charge in [-0.15, -0.1) is 6.42 Å². The molecule has 2 aromatic rings. The second-order valence-corrected chi connectivity index (χ2v) is 9.75. The number of nitrogen functional groups attached to an aromatic ring is 1. The number of benzene rings is 1. The Balaban J connectivity index is 1.68. The number of alkyl halides is 3. The van der Waals surface area contributed by atoms with Crippen LogP contribution in [0.3, 0.4) is 0 Å². The number of anilines is 1. The molecule has 0 aliphatic heterocycles. The Morgan fingerprint density at radius 2 is 1.78 bits per heavy atom. The van der Waals surface area contributed by atoms with Crippen LogP contribution in [0.4, 0.5) is 19.0 Å². The van der Waals surface area contributed by atoms with Crippen molar-refractivity contribution < 1.29 is 27.9 Å². The van der Waals surface area contributed by atoms with Crippen molar-refractivity contribution in [2.24, 2.45) is 11.1 Å². The average molecular weight is 502 g/mol. The highest BCUT2D eigenvalue weighted by Gasteiger charge is 2.60. The van der Waals surface area contributed by atoms with E-state index in [2.05, 4.69) is 21.2 Å². The van der Waals surface area contributed by atoms with Crippen molar-refractivity contribution in [2.45, 2.75) is 62.8 Å². The average Bonchev–Trinajstić information content (AvgIpc) is 2.84. The molecule has 190 valence electrons. The monoisotopic (exact) mass is 501 g/mol. The van der Waals surface area contributed by atoms with E-state index in [0.717, 1.165) is 50.7 Å². The van der Waals surface area contributed by atoms with Gasteiger partial charge in [-0.1, -0.05) is 18.1 Å². The molecule has 1 unspecified atom stereocenters. The number of nitrogens with zero attached hydrogens (tertiary/aromatic N) is 2. The van der Waals surface area contributed by atoms with Gasteiger partial charge in [0.1, 0.15) is 0 Å². The second kappa shape index (κ2) is 8.48. The maximum Gasteiger partial charge on any atom is 0.430 e. The summed E-state index contributed by atoms with van der Waals surface area (Å²) in [5, 5.41) is 13.2. The molecule has 3 aliphatic carbocycles. The molecule has 6 N–H and O–H groups in total. The van der Waals surface area contributed by atoms with Crippen LogP contribution in [0.25, 0.3) is 11.3 Å². The van der Waals surface area contributed by atoms with Crippen LogP contribution in [0.5, 0.6) is 0 Å². The third-order valence-corrected chi connectivity index (χ3v) is 7.65. The smallest absolute Gasteiger partial charge is 0.382 e. The van der Waals surface area contributed by atoms with Crippen LogP contribution in [0.15, 0.2) is 24.4 Å². The number of aliphatic hydroxyl groups is 1. The van der Waals surface area contributed by atoms with Gasteiger partial charge in [0, 0.05) is 22.1 Å². The Labute approximate surface area is 205 Å². The van der Waals surface area contributed by atoms with Crippen molar-refractivity contribution >= 4 is 17.6 Å². The number of nitrogens with one attached hydrogen (secondary N) is 1. The number of halogens is 3. The normalized spacial score (nSPS) is 25.0. The summed E-state index contributed by atoms with van der Waals surface area (Å²) in [7, 11) is 0. The number of rotatable bonds is 5. The zero-order valence-electron chi connectivity index (χ0n) is 19.6. The molecular weight excluding hydrogens is 475 g/mol. The molecule has 1 aromatic carbocycles. The zero-order chi connectivity index (χ0) is 26.5. The highest BCUT2D eigenvalue weighted by atomic mass is 19.4. The van der Waals surface area contributed by atoms with Crippen LogP contribution < -0.4 is 16.8 Å². The van der Waals surface area contributed by atoms with Crippen LogP contribution in [0.2, 0.25) is 0 Å². The Hall–Kier alpha value is -3.65. The Kier molecular flexibility index (Phi) is 5.99. The molecular formula is C25H26F3N5O3. The van der Waals surface area contributed by atoms with Gasteiger partial charge in [0.25, 0.3) is 17.4 Å². The summed E-state index contributed by atoms with van der Waals surface area (Å²) in [6.45, 7) is 1.59. The minimum absolute atomic E-state index is 0.0406. The van der Waals surface area contributed by atoms with E-state index in [9.17, 15) is 27.9 Å². The Morgan fingerprint density at radius 3 is 2.31 bits per heavy atom. The predicted octanol–water partition coefficient (Wildman–Crippen LogP) is 2.73. The highest BCUT2D eigenvalue weighted by Crippen LogP contribution is 2.52. The number of hydrogen-bond donors (Lipinski definition) is 4. The molecule has 36 heavy (non-hydrogen) atoms. The summed E-state index contributed by atoms with van der Waals surface area (Å²) in [6, 6.07) is 3.19. The van der Waals surface area contributed by atoms with Crippen molar-refractivity contribution in [2.75, 3.05) is 5.73 Å². The second-order valence-electron chi connectivity index (χ2n) is 9.75. The molecule has 2 amide bonds. The van der Waals surface area contributed by atoms with Crippen LogP contribution in [-0.4, -0.2) is 38.6 Å². The van der Waals surface area contributed by atoms with E-state index in [4.69, 9.17) is 17.9 Å². The fraction of sp³-hybridized carbons (Fsp3) is 0.440. The Morgan fingerprint density at radius 1 is 1.17 bits per heavy atom. The molecule has 1 atom stereocenters. The van der Waals surface area contributed by atoms with E-state index in [0.29, 0.717) is 5.56 Å². The van der Waals surface area contributed by atoms with E-state index in [1.54, 1.807) is 6.92 Å². The first-order chi connectivity index (χ1) is 16.8. The van der Waals surface area contributed by atoms with Gasteiger partial charge >= 0.3 is 6.18 Å². The number of aryl methyl sites for hydroxylation is 1. The topological polar surface area (TPSA) is 144 Å². The van der Waals surface area contributed by atoms with Gasteiger partial charge in [0.15, 0.2) is 11.5 Å². The van der Waals surface area contributed by atoms with Gasteiger partial charge in [-0.2, -0.15) is 13.2 Å². The standard InChI is InChI=1S/C25H26F3N5O3/c1-3-22-6-9-23(10-7-22,11-8-22)33-20(34)18-19(29)31-13-17(32-18)16-12-15(5-4-14(16)2)24(36,21(30)35)25(26,27)28/h1,4-5,12-13,36H,6-11H2,2H3,(H2,29,31)(H2,30,35)(H,33,34). The molecule has 11 heteroatoms. The summed E-state index contributed by atoms with van der Waals surface area (Å²) in [5.74, 6) is 0.245. The van der Waals surface area contributed by atoms with Crippen molar-refractivity contribution in [3.8, 4) is 23.6 Å². The summed E-state index contributed by atoms with van der Waals surface area (Å²) >= 11 is 0. The lowest BCUT2D eigenvalue weighted by molar-refractivity contribution is -0.255. The van der Waals surface area contributed by atoms with E-state index in [1.807, 2.05) is 0 Å². The number of carbonyl (C=O) groups is 2. The lowest BCUT2D eigenvalue weighted by Gasteiger charge is -2.51. The number of fused-ring (bicyclic) bond motifs is 3. The minimum atomic E-state index is -5.36. The summed E-state index contributed by atoms with van der Waals surface area (Å²) in [4.78, 5) is 33.1. The number of terminal acetylenes is 1. The van der Waals surface area contributed by atoms with E-state index >= 15 is 0 Å². The van der Waals surface area contributed by atoms with E-state index in [1.165, 1.54) is 12.3 Å².